The average Bonchev–Trinajstić information content (AvgIpc) is 2.45. The summed E-state index contributed by atoms with van der Waals surface area (Å²) in [5, 5.41) is 13.8. The number of rotatable bonds is 6. The summed E-state index contributed by atoms with van der Waals surface area (Å²) in [6, 6.07) is 8.97. The molecule has 0 aliphatic rings. The molecule has 0 atom stereocenters. The molecule has 21 heavy (non-hydrogen) atoms. The van der Waals surface area contributed by atoms with Gasteiger partial charge in [0.2, 0.25) is 0 Å². The molecule has 0 amide bonds. The summed E-state index contributed by atoms with van der Waals surface area (Å²) in [6.45, 7) is 2.56. The van der Waals surface area contributed by atoms with Gasteiger partial charge < -0.3 is 15.8 Å². The van der Waals surface area contributed by atoms with E-state index in [1.807, 2.05) is 24.3 Å². The predicted octanol–water partition coefficient (Wildman–Crippen LogP) is 2.38. The van der Waals surface area contributed by atoms with Gasteiger partial charge in [-0.1, -0.05) is 6.07 Å². The number of nitrogens with zero attached hydrogens (tertiary/aromatic N) is 2. The Kier molecular flexibility index (Phi) is 4.68. The second-order valence-corrected chi connectivity index (χ2v) is 4.40. The molecular weight excluding hydrogens is 272 g/mol. The summed E-state index contributed by atoms with van der Waals surface area (Å²) in [7, 11) is 0. The largest absolute Gasteiger partial charge is 0.492 e. The summed E-state index contributed by atoms with van der Waals surface area (Å²) in [4.78, 5) is 14.3. The number of aromatic nitrogens is 1. The SMILES string of the molecule is Cc1cc(Nc2cccc(OCCN)c2)ncc1[N+](=O)[O-]. The highest BCUT2D eigenvalue weighted by Gasteiger charge is 2.11. The van der Waals surface area contributed by atoms with E-state index in [-0.39, 0.29) is 5.69 Å². The monoisotopic (exact) mass is 288 g/mol. The van der Waals surface area contributed by atoms with Gasteiger partial charge in [0.25, 0.3) is 5.69 Å². The van der Waals surface area contributed by atoms with Crippen LogP contribution in [-0.2, 0) is 0 Å². The Balaban J connectivity index is 2.14. The van der Waals surface area contributed by atoms with Gasteiger partial charge in [0.1, 0.15) is 24.4 Å². The summed E-state index contributed by atoms with van der Waals surface area (Å²) in [5.41, 5.74) is 6.72. The van der Waals surface area contributed by atoms with Crippen LogP contribution in [0, 0.1) is 17.0 Å². The number of hydrogen-bond acceptors (Lipinski definition) is 6. The van der Waals surface area contributed by atoms with E-state index in [0.29, 0.717) is 30.3 Å². The first-order chi connectivity index (χ1) is 10.1. The Labute approximate surface area is 121 Å². The molecule has 0 unspecified atom stereocenters. The highest BCUT2D eigenvalue weighted by atomic mass is 16.6. The van der Waals surface area contributed by atoms with Crippen LogP contribution in [0.2, 0.25) is 0 Å². The molecular formula is C14H16N4O3. The van der Waals surface area contributed by atoms with Crippen molar-refractivity contribution >= 4 is 17.2 Å². The number of pyridine rings is 1. The number of hydrogen-bond donors (Lipinski definition) is 2. The summed E-state index contributed by atoms with van der Waals surface area (Å²) >= 11 is 0. The van der Waals surface area contributed by atoms with Crippen LogP contribution in [0.4, 0.5) is 17.2 Å². The van der Waals surface area contributed by atoms with Crippen molar-refractivity contribution in [3.8, 4) is 5.75 Å². The number of nitrogens with two attached hydrogens (primary N) is 1. The van der Waals surface area contributed by atoms with Crippen LogP contribution in [0.1, 0.15) is 5.56 Å². The normalized spacial score (nSPS) is 10.2. The maximum atomic E-state index is 10.8. The maximum absolute atomic E-state index is 10.8. The van der Waals surface area contributed by atoms with Crippen molar-refractivity contribution in [3.63, 3.8) is 0 Å². The molecule has 0 saturated heterocycles. The van der Waals surface area contributed by atoms with Crippen LogP contribution in [-0.4, -0.2) is 23.1 Å². The van der Waals surface area contributed by atoms with Crippen LogP contribution in [0.25, 0.3) is 0 Å². The zero-order valence-electron chi connectivity index (χ0n) is 11.6. The van der Waals surface area contributed by atoms with Gasteiger partial charge in [0.05, 0.1) is 4.92 Å². The molecule has 2 rings (SSSR count). The van der Waals surface area contributed by atoms with Gasteiger partial charge in [0, 0.05) is 23.9 Å². The minimum absolute atomic E-state index is 0.000537. The topological polar surface area (TPSA) is 103 Å². The lowest BCUT2D eigenvalue weighted by Crippen LogP contribution is -2.10. The zero-order valence-corrected chi connectivity index (χ0v) is 11.6. The van der Waals surface area contributed by atoms with E-state index in [1.54, 1.807) is 13.0 Å². The number of benzene rings is 1. The Morgan fingerprint density at radius 2 is 2.24 bits per heavy atom. The highest BCUT2D eigenvalue weighted by molar-refractivity contribution is 5.60. The Morgan fingerprint density at radius 1 is 1.43 bits per heavy atom. The minimum Gasteiger partial charge on any atom is -0.492 e. The maximum Gasteiger partial charge on any atom is 0.290 e. The molecule has 0 saturated carbocycles. The number of nitrogens with one attached hydrogen (secondary N) is 1. The summed E-state index contributed by atoms with van der Waals surface area (Å²) < 4.78 is 5.43. The average molecular weight is 288 g/mol. The Morgan fingerprint density at radius 3 is 2.90 bits per heavy atom. The molecule has 1 aromatic heterocycles. The predicted molar refractivity (Wildman–Crippen MR) is 79.9 cm³/mol. The van der Waals surface area contributed by atoms with Crippen molar-refractivity contribution < 1.29 is 9.66 Å². The number of aryl methyl sites for hydroxylation is 1. The number of anilines is 2. The summed E-state index contributed by atoms with van der Waals surface area (Å²) in [5.74, 6) is 1.23. The van der Waals surface area contributed by atoms with Gasteiger partial charge >= 0.3 is 0 Å². The lowest BCUT2D eigenvalue weighted by molar-refractivity contribution is -0.385. The highest BCUT2D eigenvalue weighted by Crippen LogP contribution is 2.23. The van der Waals surface area contributed by atoms with E-state index in [9.17, 15) is 10.1 Å². The van der Waals surface area contributed by atoms with Crippen LogP contribution >= 0.6 is 0 Å². The fraction of sp³-hybridized carbons (Fsp3) is 0.214. The second-order valence-electron chi connectivity index (χ2n) is 4.40. The lowest BCUT2D eigenvalue weighted by atomic mass is 10.2. The molecule has 0 bridgehead atoms. The second kappa shape index (κ2) is 6.67. The molecule has 7 nitrogen and oxygen atoms in total. The first-order valence-electron chi connectivity index (χ1n) is 6.41. The smallest absolute Gasteiger partial charge is 0.290 e. The van der Waals surface area contributed by atoms with E-state index in [2.05, 4.69) is 10.3 Å². The van der Waals surface area contributed by atoms with Crippen LogP contribution in [0.5, 0.6) is 5.75 Å². The molecule has 1 aromatic carbocycles. The van der Waals surface area contributed by atoms with Crippen molar-refractivity contribution in [1.29, 1.82) is 0 Å². The molecule has 0 aliphatic heterocycles. The van der Waals surface area contributed by atoms with Gasteiger partial charge in [-0.05, 0) is 25.1 Å². The Bertz CT molecular complexity index is 646. The molecule has 2 aromatic rings. The quantitative estimate of drug-likeness (QED) is 0.624. The van der Waals surface area contributed by atoms with Gasteiger partial charge in [0.15, 0.2) is 0 Å². The molecule has 7 heteroatoms. The van der Waals surface area contributed by atoms with E-state index in [1.165, 1.54) is 6.20 Å². The van der Waals surface area contributed by atoms with Crippen molar-refractivity contribution in [2.45, 2.75) is 6.92 Å². The third-order valence-electron chi connectivity index (χ3n) is 2.77. The fourth-order valence-corrected chi connectivity index (χ4v) is 1.80. The number of nitro groups is 1. The van der Waals surface area contributed by atoms with E-state index < -0.39 is 4.92 Å². The molecule has 3 N–H and O–H groups in total. The minimum atomic E-state index is -0.451. The standard InChI is InChI=1S/C14H16N4O3/c1-10-7-14(16-9-13(10)18(19)20)17-11-3-2-4-12(8-11)21-6-5-15/h2-4,7-9H,5-6,15H2,1H3,(H,16,17). The van der Waals surface area contributed by atoms with Crippen LogP contribution in [0.3, 0.4) is 0 Å². The van der Waals surface area contributed by atoms with Gasteiger partial charge in [-0.15, -0.1) is 0 Å². The first kappa shape index (κ1) is 14.7. The van der Waals surface area contributed by atoms with E-state index in [0.717, 1.165) is 5.69 Å². The van der Waals surface area contributed by atoms with Crippen molar-refractivity contribution in [2.75, 3.05) is 18.5 Å². The van der Waals surface area contributed by atoms with Gasteiger partial charge in [-0.2, -0.15) is 0 Å². The van der Waals surface area contributed by atoms with E-state index >= 15 is 0 Å². The molecule has 1 heterocycles. The van der Waals surface area contributed by atoms with Gasteiger partial charge in [-0.3, -0.25) is 10.1 Å². The molecule has 0 aliphatic carbocycles. The van der Waals surface area contributed by atoms with E-state index in [4.69, 9.17) is 10.5 Å². The Hall–Kier alpha value is -2.67. The van der Waals surface area contributed by atoms with Crippen molar-refractivity contribution in [1.82, 2.24) is 4.98 Å². The molecule has 110 valence electrons. The lowest BCUT2D eigenvalue weighted by Gasteiger charge is -2.09. The molecule has 0 radical (unpaired) electrons. The van der Waals surface area contributed by atoms with Crippen LogP contribution < -0.4 is 15.8 Å². The number of ether oxygens (including phenoxy) is 1. The third-order valence-corrected chi connectivity index (χ3v) is 2.77. The molecule has 0 fully saturated rings. The summed E-state index contributed by atoms with van der Waals surface area (Å²) in [6.07, 6.45) is 1.24. The van der Waals surface area contributed by atoms with Crippen molar-refractivity contribution in [2.24, 2.45) is 5.73 Å². The van der Waals surface area contributed by atoms with Crippen molar-refractivity contribution in [3.05, 3.63) is 52.2 Å². The van der Waals surface area contributed by atoms with Crippen LogP contribution in [0.15, 0.2) is 36.5 Å². The molecule has 0 spiro atoms. The third kappa shape index (κ3) is 3.90. The zero-order chi connectivity index (χ0) is 15.2. The fourth-order valence-electron chi connectivity index (χ4n) is 1.80. The first-order valence-corrected chi connectivity index (χ1v) is 6.41. The van der Waals surface area contributed by atoms with Gasteiger partial charge in [-0.25, -0.2) is 4.98 Å².